The number of carbonyl (C=O) groups is 2. The normalized spacial score (nSPS) is 10.6. The van der Waals surface area contributed by atoms with Crippen LogP contribution >= 0.6 is 12.4 Å². The van der Waals surface area contributed by atoms with Crippen molar-refractivity contribution in [3.8, 4) is 0 Å². The monoisotopic (exact) mass is 317 g/mol. The van der Waals surface area contributed by atoms with Crippen LogP contribution in [0.5, 0.6) is 0 Å². The predicted molar refractivity (Wildman–Crippen MR) is 83.4 cm³/mol. The fourth-order valence-electron chi connectivity index (χ4n) is 1.99. The molecule has 0 radical (unpaired) electrons. The topological polar surface area (TPSA) is 97.4 Å². The molecule has 0 aliphatic heterocycles. The molecule has 0 saturated carbocycles. The third-order valence-corrected chi connectivity index (χ3v) is 3.67. The molecule has 0 aliphatic carbocycles. The lowest BCUT2D eigenvalue weighted by Crippen LogP contribution is -2.47. The molecule has 0 spiro atoms. The molecule has 1 aromatic rings. The average Bonchev–Trinajstić information content (AvgIpc) is 3.00. The van der Waals surface area contributed by atoms with Crippen molar-refractivity contribution in [2.75, 3.05) is 19.6 Å². The summed E-state index contributed by atoms with van der Waals surface area (Å²) in [6.45, 7) is 4.94. The van der Waals surface area contributed by atoms with E-state index in [1.54, 1.807) is 12.1 Å². The molecule has 120 valence electrons. The Labute approximate surface area is 131 Å². The van der Waals surface area contributed by atoms with Gasteiger partial charge in [-0.2, -0.15) is 0 Å². The van der Waals surface area contributed by atoms with Crippen molar-refractivity contribution < 1.29 is 14.0 Å². The first kappa shape index (κ1) is 19.5. The van der Waals surface area contributed by atoms with E-state index in [4.69, 9.17) is 10.2 Å². The Morgan fingerprint density at radius 1 is 1.24 bits per heavy atom. The van der Waals surface area contributed by atoms with Crippen molar-refractivity contribution in [3.05, 3.63) is 24.2 Å². The molecule has 0 atom stereocenters. The predicted octanol–water partition coefficient (Wildman–Crippen LogP) is 1.31. The molecular weight excluding hydrogens is 294 g/mol. The van der Waals surface area contributed by atoms with E-state index in [1.807, 2.05) is 13.8 Å². The van der Waals surface area contributed by atoms with E-state index in [9.17, 15) is 9.59 Å². The van der Waals surface area contributed by atoms with E-state index in [2.05, 4.69) is 10.6 Å². The summed E-state index contributed by atoms with van der Waals surface area (Å²) in [5.74, 6) is -0.0904. The first-order valence-corrected chi connectivity index (χ1v) is 6.89. The second-order valence-electron chi connectivity index (χ2n) is 4.68. The van der Waals surface area contributed by atoms with E-state index >= 15 is 0 Å². The molecule has 0 bridgehead atoms. The van der Waals surface area contributed by atoms with E-state index < -0.39 is 5.41 Å². The van der Waals surface area contributed by atoms with Gasteiger partial charge in [0.1, 0.15) is 0 Å². The summed E-state index contributed by atoms with van der Waals surface area (Å²) in [5.41, 5.74) is 5.19. The molecule has 0 saturated heterocycles. The Kier molecular flexibility index (Phi) is 8.73. The van der Waals surface area contributed by atoms with E-state index in [-0.39, 0.29) is 30.0 Å². The van der Waals surface area contributed by atoms with Crippen LogP contribution in [0.15, 0.2) is 22.8 Å². The van der Waals surface area contributed by atoms with Crippen molar-refractivity contribution in [2.45, 2.75) is 26.7 Å². The molecule has 2 amide bonds. The minimum atomic E-state index is -0.509. The van der Waals surface area contributed by atoms with Crippen LogP contribution in [0, 0.1) is 5.41 Å². The standard InChI is InChI=1S/C14H23N3O3.ClH/c1-3-14(4-2,10-15)13(19)17-8-7-16-12(18)11-6-5-9-20-11;/h5-6,9H,3-4,7-8,10,15H2,1-2H3,(H,16,18)(H,17,19);1H. The first-order chi connectivity index (χ1) is 9.59. The van der Waals surface area contributed by atoms with Gasteiger partial charge >= 0.3 is 0 Å². The summed E-state index contributed by atoms with van der Waals surface area (Å²) in [4.78, 5) is 23.7. The molecule has 7 heteroatoms. The summed E-state index contributed by atoms with van der Waals surface area (Å²) < 4.78 is 4.96. The number of rotatable bonds is 8. The Bertz CT molecular complexity index is 422. The lowest BCUT2D eigenvalue weighted by molar-refractivity contribution is -0.130. The maximum atomic E-state index is 12.1. The third kappa shape index (κ3) is 5.06. The summed E-state index contributed by atoms with van der Waals surface area (Å²) in [5, 5.41) is 5.48. The molecule has 0 aliphatic rings. The number of amides is 2. The van der Waals surface area contributed by atoms with Crippen LogP contribution in [0.1, 0.15) is 37.2 Å². The molecule has 1 rings (SSSR count). The highest BCUT2D eigenvalue weighted by molar-refractivity contribution is 5.91. The van der Waals surface area contributed by atoms with Crippen LogP contribution in [0.3, 0.4) is 0 Å². The van der Waals surface area contributed by atoms with Gasteiger partial charge in [-0.3, -0.25) is 9.59 Å². The SMILES string of the molecule is CCC(CC)(CN)C(=O)NCCNC(=O)c1ccco1.Cl. The van der Waals surface area contributed by atoms with Gasteiger partial charge < -0.3 is 20.8 Å². The molecule has 1 heterocycles. The second-order valence-corrected chi connectivity index (χ2v) is 4.68. The molecule has 6 nitrogen and oxygen atoms in total. The minimum absolute atomic E-state index is 0. The zero-order valence-corrected chi connectivity index (χ0v) is 13.3. The number of hydrogen-bond acceptors (Lipinski definition) is 4. The smallest absolute Gasteiger partial charge is 0.287 e. The molecule has 21 heavy (non-hydrogen) atoms. The molecular formula is C14H24ClN3O3. The van der Waals surface area contributed by atoms with Crippen molar-refractivity contribution >= 4 is 24.2 Å². The highest BCUT2D eigenvalue weighted by atomic mass is 35.5. The van der Waals surface area contributed by atoms with Gasteiger partial charge in [-0.1, -0.05) is 13.8 Å². The van der Waals surface area contributed by atoms with Crippen molar-refractivity contribution in [1.29, 1.82) is 0 Å². The van der Waals surface area contributed by atoms with Gasteiger partial charge in [-0.15, -0.1) is 12.4 Å². The number of nitrogens with two attached hydrogens (primary N) is 1. The molecule has 0 aromatic carbocycles. The summed E-state index contributed by atoms with van der Waals surface area (Å²) >= 11 is 0. The maximum absolute atomic E-state index is 12.1. The summed E-state index contributed by atoms with van der Waals surface area (Å²) in [6.07, 6.45) is 2.84. The average molecular weight is 318 g/mol. The lowest BCUT2D eigenvalue weighted by atomic mass is 9.81. The van der Waals surface area contributed by atoms with E-state index in [1.165, 1.54) is 6.26 Å². The quantitative estimate of drug-likeness (QED) is 0.630. The fraction of sp³-hybridized carbons (Fsp3) is 0.571. The summed E-state index contributed by atoms with van der Waals surface area (Å²) in [7, 11) is 0. The van der Waals surface area contributed by atoms with Gasteiger partial charge in [0.15, 0.2) is 5.76 Å². The second kappa shape index (κ2) is 9.41. The maximum Gasteiger partial charge on any atom is 0.287 e. The van der Waals surface area contributed by atoms with Crippen molar-refractivity contribution in [3.63, 3.8) is 0 Å². The zero-order valence-electron chi connectivity index (χ0n) is 12.5. The Morgan fingerprint density at radius 2 is 1.86 bits per heavy atom. The van der Waals surface area contributed by atoms with Gasteiger partial charge in [0.25, 0.3) is 5.91 Å². The Hall–Kier alpha value is -1.53. The molecule has 0 unspecified atom stereocenters. The van der Waals surface area contributed by atoms with Gasteiger partial charge in [0, 0.05) is 19.6 Å². The van der Waals surface area contributed by atoms with Gasteiger partial charge in [-0.05, 0) is 25.0 Å². The van der Waals surface area contributed by atoms with Gasteiger partial charge in [0.2, 0.25) is 5.91 Å². The number of carbonyl (C=O) groups excluding carboxylic acids is 2. The number of nitrogens with one attached hydrogen (secondary N) is 2. The van der Waals surface area contributed by atoms with Crippen LogP contribution in [-0.4, -0.2) is 31.4 Å². The van der Waals surface area contributed by atoms with E-state index in [0.29, 0.717) is 32.5 Å². The molecule has 1 aromatic heterocycles. The van der Waals surface area contributed by atoms with E-state index in [0.717, 1.165) is 0 Å². The van der Waals surface area contributed by atoms with Gasteiger partial charge in [-0.25, -0.2) is 0 Å². The number of furan rings is 1. The molecule has 0 fully saturated rings. The highest BCUT2D eigenvalue weighted by Crippen LogP contribution is 2.24. The van der Waals surface area contributed by atoms with Crippen molar-refractivity contribution in [2.24, 2.45) is 11.1 Å². The largest absolute Gasteiger partial charge is 0.459 e. The van der Waals surface area contributed by atoms with Crippen LogP contribution in [0.25, 0.3) is 0 Å². The molecule has 4 N–H and O–H groups in total. The minimum Gasteiger partial charge on any atom is -0.459 e. The highest BCUT2D eigenvalue weighted by Gasteiger charge is 2.32. The van der Waals surface area contributed by atoms with Crippen LogP contribution < -0.4 is 16.4 Å². The fourth-order valence-corrected chi connectivity index (χ4v) is 1.99. The number of halogens is 1. The summed E-state index contributed by atoms with van der Waals surface area (Å²) in [6, 6.07) is 3.23. The Balaban J connectivity index is 0.00000400. The lowest BCUT2D eigenvalue weighted by Gasteiger charge is -2.28. The number of hydrogen-bond donors (Lipinski definition) is 3. The van der Waals surface area contributed by atoms with Gasteiger partial charge in [0.05, 0.1) is 11.7 Å². The third-order valence-electron chi connectivity index (χ3n) is 3.67. The van der Waals surface area contributed by atoms with Crippen molar-refractivity contribution in [1.82, 2.24) is 10.6 Å². The van der Waals surface area contributed by atoms with Crippen LogP contribution in [0.2, 0.25) is 0 Å². The van der Waals surface area contributed by atoms with Crippen LogP contribution in [-0.2, 0) is 4.79 Å². The van der Waals surface area contributed by atoms with Crippen LogP contribution in [0.4, 0.5) is 0 Å². The zero-order chi connectivity index (χ0) is 15.0. The Morgan fingerprint density at radius 3 is 2.33 bits per heavy atom. The first-order valence-electron chi connectivity index (χ1n) is 6.89.